The van der Waals surface area contributed by atoms with Gasteiger partial charge in [-0.15, -0.1) is 0 Å². The molecule has 0 bridgehead atoms. The molecule has 1 aromatic carbocycles. The largest absolute Gasteiger partial charge is 0.496 e. The van der Waals surface area contributed by atoms with Gasteiger partial charge in [0.25, 0.3) is 0 Å². The molecule has 0 saturated carbocycles. The van der Waals surface area contributed by atoms with Crippen LogP contribution in [0.2, 0.25) is 0 Å². The lowest BCUT2D eigenvalue weighted by atomic mass is 10.2. The Morgan fingerprint density at radius 3 is 2.84 bits per heavy atom. The fourth-order valence-electron chi connectivity index (χ4n) is 1.55. The first kappa shape index (κ1) is 13.3. The minimum Gasteiger partial charge on any atom is -0.496 e. The second kappa shape index (κ2) is 6.16. The van der Waals surface area contributed by atoms with Crippen molar-refractivity contribution < 1.29 is 4.74 Å². The molecule has 2 rings (SSSR count). The summed E-state index contributed by atoms with van der Waals surface area (Å²) in [7, 11) is 1.62. The maximum Gasteiger partial charge on any atom is 0.182 e. The molecule has 0 atom stereocenters. The molecule has 1 aromatic heterocycles. The van der Waals surface area contributed by atoms with Crippen molar-refractivity contribution in [3.63, 3.8) is 0 Å². The molecule has 0 unspecified atom stereocenters. The van der Waals surface area contributed by atoms with Crippen LogP contribution in [-0.4, -0.2) is 17.1 Å². The van der Waals surface area contributed by atoms with Gasteiger partial charge in [0.15, 0.2) is 11.5 Å². The van der Waals surface area contributed by atoms with Crippen molar-refractivity contribution in [2.24, 2.45) is 0 Å². The predicted molar refractivity (Wildman–Crippen MR) is 74.8 cm³/mol. The Labute approximate surface area is 119 Å². The van der Waals surface area contributed by atoms with Crippen molar-refractivity contribution in [3.05, 3.63) is 46.3 Å². The van der Waals surface area contributed by atoms with Gasteiger partial charge in [0.05, 0.1) is 11.6 Å². The average molecular weight is 319 g/mol. The summed E-state index contributed by atoms with van der Waals surface area (Å²) < 4.78 is 6.05. The molecule has 0 radical (unpaired) electrons. The van der Waals surface area contributed by atoms with E-state index < -0.39 is 0 Å². The standard InChI is InChI=1S/C13H11BrN4O/c1-19-12-3-2-9(6-10(12)14)8-18-13-11(7-15)16-4-5-17-13/h2-6H,8H2,1H3,(H,17,18). The summed E-state index contributed by atoms with van der Waals surface area (Å²) in [4.78, 5) is 8.03. The number of nitrogens with zero attached hydrogens (tertiary/aromatic N) is 3. The number of benzene rings is 1. The van der Waals surface area contributed by atoms with Crippen molar-refractivity contribution >= 4 is 21.7 Å². The van der Waals surface area contributed by atoms with Gasteiger partial charge in [0.2, 0.25) is 0 Å². The van der Waals surface area contributed by atoms with E-state index in [2.05, 4.69) is 31.2 Å². The highest BCUT2D eigenvalue weighted by Crippen LogP contribution is 2.25. The van der Waals surface area contributed by atoms with Crippen LogP contribution in [0.5, 0.6) is 5.75 Å². The topological polar surface area (TPSA) is 70.8 Å². The third-order valence-corrected chi connectivity index (χ3v) is 3.10. The normalized spacial score (nSPS) is 9.74. The van der Waals surface area contributed by atoms with E-state index in [-0.39, 0.29) is 5.69 Å². The Balaban J connectivity index is 2.11. The van der Waals surface area contributed by atoms with Crippen LogP contribution in [0, 0.1) is 11.3 Å². The van der Waals surface area contributed by atoms with E-state index in [1.807, 2.05) is 24.3 Å². The molecule has 0 fully saturated rings. The minimum absolute atomic E-state index is 0.287. The van der Waals surface area contributed by atoms with Crippen LogP contribution in [0.15, 0.2) is 35.1 Å². The number of nitrogens with one attached hydrogen (secondary N) is 1. The molecule has 0 amide bonds. The Morgan fingerprint density at radius 1 is 1.37 bits per heavy atom. The van der Waals surface area contributed by atoms with Crippen LogP contribution in [0.4, 0.5) is 5.82 Å². The summed E-state index contributed by atoms with van der Waals surface area (Å²) in [6.07, 6.45) is 3.04. The van der Waals surface area contributed by atoms with Crippen molar-refractivity contribution in [1.82, 2.24) is 9.97 Å². The molecule has 1 heterocycles. The monoisotopic (exact) mass is 318 g/mol. The molecule has 19 heavy (non-hydrogen) atoms. The summed E-state index contributed by atoms with van der Waals surface area (Å²) in [5.41, 5.74) is 1.33. The SMILES string of the molecule is COc1ccc(CNc2nccnc2C#N)cc1Br. The third kappa shape index (κ3) is 3.20. The van der Waals surface area contributed by atoms with Crippen LogP contribution < -0.4 is 10.1 Å². The molecule has 0 saturated heterocycles. The number of rotatable bonds is 4. The van der Waals surface area contributed by atoms with Gasteiger partial charge < -0.3 is 10.1 Å². The highest BCUT2D eigenvalue weighted by molar-refractivity contribution is 9.10. The van der Waals surface area contributed by atoms with Crippen LogP contribution in [-0.2, 0) is 6.54 Å². The minimum atomic E-state index is 0.287. The summed E-state index contributed by atoms with van der Waals surface area (Å²) in [6, 6.07) is 7.77. The van der Waals surface area contributed by atoms with Gasteiger partial charge in [-0.3, -0.25) is 0 Å². The maximum absolute atomic E-state index is 8.91. The van der Waals surface area contributed by atoms with E-state index in [1.165, 1.54) is 6.20 Å². The molecule has 0 spiro atoms. The summed E-state index contributed by atoms with van der Waals surface area (Å²) in [5, 5.41) is 12.0. The molecule has 0 aliphatic rings. The van der Waals surface area contributed by atoms with E-state index in [0.29, 0.717) is 12.4 Å². The number of hydrogen-bond donors (Lipinski definition) is 1. The van der Waals surface area contributed by atoms with Gasteiger partial charge in [-0.1, -0.05) is 6.07 Å². The van der Waals surface area contributed by atoms with E-state index in [9.17, 15) is 0 Å². The molecular formula is C13H11BrN4O. The molecule has 6 heteroatoms. The second-order valence-electron chi connectivity index (χ2n) is 3.69. The lowest BCUT2D eigenvalue weighted by Gasteiger charge is -2.08. The maximum atomic E-state index is 8.91. The first-order valence-corrected chi connectivity index (χ1v) is 6.31. The molecule has 96 valence electrons. The van der Waals surface area contributed by atoms with Crippen molar-refractivity contribution in [2.75, 3.05) is 12.4 Å². The van der Waals surface area contributed by atoms with E-state index >= 15 is 0 Å². The number of ether oxygens (including phenoxy) is 1. The Kier molecular flexibility index (Phi) is 4.31. The Morgan fingerprint density at radius 2 is 2.16 bits per heavy atom. The lowest BCUT2D eigenvalue weighted by Crippen LogP contribution is -2.04. The average Bonchev–Trinajstić information content (AvgIpc) is 2.45. The smallest absolute Gasteiger partial charge is 0.182 e. The summed E-state index contributed by atoms with van der Waals surface area (Å²) in [6.45, 7) is 0.552. The van der Waals surface area contributed by atoms with Crippen LogP contribution in [0.1, 0.15) is 11.3 Å². The number of aromatic nitrogens is 2. The van der Waals surface area contributed by atoms with Gasteiger partial charge in [0.1, 0.15) is 11.8 Å². The summed E-state index contributed by atoms with van der Waals surface area (Å²) >= 11 is 3.43. The number of methoxy groups -OCH3 is 1. The van der Waals surface area contributed by atoms with Gasteiger partial charge >= 0.3 is 0 Å². The van der Waals surface area contributed by atoms with E-state index in [0.717, 1.165) is 15.8 Å². The quantitative estimate of drug-likeness (QED) is 0.938. The lowest BCUT2D eigenvalue weighted by molar-refractivity contribution is 0.412. The molecule has 0 aliphatic carbocycles. The zero-order chi connectivity index (χ0) is 13.7. The van der Waals surface area contributed by atoms with E-state index in [4.69, 9.17) is 10.00 Å². The van der Waals surface area contributed by atoms with Crippen LogP contribution >= 0.6 is 15.9 Å². The first-order chi connectivity index (χ1) is 9.24. The molecular weight excluding hydrogens is 308 g/mol. The first-order valence-electron chi connectivity index (χ1n) is 5.52. The third-order valence-electron chi connectivity index (χ3n) is 2.48. The number of nitriles is 1. The molecule has 0 aliphatic heterocycles. The highest BCUT2D eigenvalue weighted by Gasteiger charge is 2.05. The number of hydrogen-bond acceptors (Lipinski definition) is 5. The predicted octanol–water partition coefficient (Wildman–Crippen LogP) is 2.73. The summed E-state index contributed by atoms with van der Waals surface area (Å²) in [5.74, 6) is 1.26. The number of anilines is 1. The second-order valence-corrected chi connectivity index (χ2v) is 4.54. The highest BCUT2D eigenvalue weighted by atomic mass is 79.9. The molecule has 2 aromatic rings. The van der Waals surface area contributed by atoms with Gasteiger partial charge in [-0.25, -0.2) is 9.97 Å². The fraction of sp³-hybridized carbons (Fsp3) is 0.154. The van der Waals surface area contributed by atoms with Crippen molar-refractivity contribution in [3.8, 4) is 11.8 Å². The number of halogens is 1. The molecule has 5 nitrogen and oxygen atoms in total. The Hall–Kier alpha value is -2.13. The van der Waals surface area contributed by atoms with Crippen LogP contribution in [0.3, 0.4) is 0 Å². The molecule has 1 N–H and O–H groups in total. The van der Waals surface area contributed by atoms with Gasteiger partial charge in [0, 0.05) is 18.9 Å². The Bertz CT molecular complexity index is 624. The van der Waals surface area contributed by atoms with E-state index in [1.54, 1.807) is 13.3 Å². The fourth-order valence-corrected chi connectivity index (χ4v) is 2.14. The zero-order valence-electron chi connectivity index (χ0n) is 10.2. The van der Waals surface area contributed by atoms with Crippen molar-refractivity contribution in [2.45, 2.75) is 6.54 Å². The van der Waals surface area contributed by atoms with Gasteiger partial charge in [-0.2, -0.15) is 5.26 Å². The van der Waals surface area contributed by atoms with Crippen molar-refractivity contribution in [1.29, 1.82) is 5.26 Å². The van der Waals surface area contributed by atoms with Gasteiger partial charge in [-0.05, 0) is 33.6 Å². The zero-order valence-corrected chi connectivity index (χ0v) is 11.8. The van der Waals surface area contributed by atoms with Crippen LogP contribution in [0.25, 0.3) is 0 Å².